The summed E-state index contributed by atoms with van der Waals surface area (Å²) in [5.41, 5.74) is 2.60. The summed E-state index contributed by atoms with van der Waals surface area (Å²) >= 11 is 0. The van der Waals surface area contributed by atoms with Crippen LogP contribution in [0.15, 0.2) is 36.4 Å². The molecule has 6 heteroatoms. The van der Waals surface area contributed by atoms with E-state index in [1.165, 1.54) is 6.92 Å². The number of carbonyl (C=O) groups is 1. The van der Waals surface area contributed by atoms with Crippen LogP contribution in [0.5, 0.6) is 0 Å². The SMILES string of the molecule is CC(=O)Nc1ccc(-c2ccc(N3CCCN(C(C)C)CC3)nn2)cc1. The molecule has 0 bridgehead atoms. The fourth-order valence-electron chi connectivity index (χ4n) is 3.26. The first kappa shape index (κ1) is 18.3. The molecule has 2 aromatic rings. The van der Waals surface area contributed by atoms with Gasteiger partial charge in [-0.2, -0.15) is 0 Å². The van der Waals surface area contributed by atoms with E-state index in [1.807, 2.05) is 30.3 Å². The molecule has 26 heavy (non-hydrogen) atoms. The molecule has 1 saturated heterocycles. The number of hydrogen-bond donors (Lipinski definition) is 1. The third-order valence-corrected chi connectivity index (χ3v) is 4.74. The molecule has 1 N–H and O–H groups in total. The van der Waals surface area contributed by atoms with Gasteiger partial charge < -0.3 is 10.2 Å². The number of anilines is 2. The molecule has 0 saturated carbocycles. The van der Waals surface area contributed by atoms with Crippen LogP contribution >= 0.6 is 0 Å². The zero-order valence-electron chi connectivity index (χ0n) is 15.8. The predicted molar refractivity (Wildman–Crippen MR) is 105 cm³/mol. The summed E-state index contributed by atoms with van der Waals surface area (Å²) in [4.78, 5) is 15.9. The molecule has 1 amide bonds. The topological polar surface area (TPSA) is 61.4 Å². The van der Waals surface area contributed by atoms with Gasteiger partial charge in [0.2, 0.25) is 5.91 Å². The molecule has 3 rings (SSSR count). The maximum atomic E-state index is 11.1. The van der Waals surface area contributed by atoms with Crippen molar-refractivity contribution in [2.24, 2.45) is 0 Å². The van der Waals surface area contributed by atoms with E-state index in [9.17, 15) is 4.79 Å². The van der Waals surface area contributed by atoms with Crippen LogP contribution in [0.3, 0.4) is 0 Å². The summed E-state index contributed by atoms with van der Waals surface area (Å²) in [6.45, 7) is 10.2. The Kier molecular flexibility index (Phi) is 5.83. The maximum Gasteiger partial charge on any atom is 0.221 e. The molecule has 1 aromatic carbocycles. The van der Waals surface area contributed by atoms with Crippen LogP contribution in [0.1, 0.15) is 27.2 Å². The second-order valence-electron chi connectivity index (χ2n) is 7.01. The van der Waals surface area contributed by atoms with E-state index in [0.29, 0.717) is 6.04 Å². The molecule has 0 unspecified atom stereocenters. The third-order valence-electron chi connectivity index (χ3n) is 4.74. The van der Waals surface area contributed by atoms with Crippen LogP contribution in [0, 0.1) is 0 Å². The van der Waals surface area contributed by atoms with E-state index in [1.54, 1.807) is 0 Å². The Morgan fingerprint density at radius 1 is 1.00 bits per heavy atom. The van der Waals surface area contributed by atoms with Gasteiger partial charge in [-0.1, -0.05) is 12.1 Å². The van der Waals surface area contributed by atoms with Crippen molar-refractivity contribution in [3.8, 4) is 11.3 Å². The smallest absolute Gasteiger partial charge is 0.221 e. The van der Waals surface area contributed by atoms with E-state index in [4.69, 9.17) is 0 Å². The zero-order valence-corrected chi connectivity index (χ0v) is 15.8. The fraction of sp³-hybridized carbons (Fsp3) is 0.450. The quantitative estimate of drug-likeness (QED) is 0.915. The summed E-state index contributed by atoms with van der Waals surface area (Å²) in [6.07, 6.45) is 1.15. The Hall–Kier alpha value is -2.47. The molecular weight excluding hydrogens is 326 g/mol. The van der Waals surface area contributed by atoms with Gasteiger partial charge in [-0.25, -0.2) is 0 Å². The number of rotatable bonds is 4. The van der Waals surface area contributed by atoms with E-state index >= 15 is 0 Å². The molecule has 138 valence electrons. The molecule has 2 heterocycles. The van der Waals surface area contributed by atoms with Gasteiger partial charge in [0.05, 0.1) is 5.69 Å². The minimum Gasteiger partial charge on any atom is -0.354 e. The second-order valence-corrected chi connectivity index (χ2v) is 7.01. The van der Waals surface area contributed by atoms with Crippen LogP contribution in [-0.2, 0) is 4.79 Å². The number of benzene rings is 1. The number of carbonyl (C=O) groups excluding carboxylic acids is 1. The van der Waals surface area contributed by atoms with Gasteiger partial charge in [0.25, 0.3) is 0 Å². The molecule has 1 aromatic heterocycles. The molecular formula is C20H27N5O. The average molecular weight is 353 g/mol. The number of hydrogen-bond acceptors (Lipinski definition) is 5. The molecule has 0 spiro atoms. The van der Waals surface area contributed by atoms with Crippen molar-refractivity contribution >= 4 is 17.4 Å². The maximum absolute atomic E-state index is 11.1. The molecule has 0 atom stereocenters. The van der Waals surface area contributed by atoms with Crippen LogP contribution in [0.2, 0.25) is 0 Å². The highest BCUT2D eigenvalue weighted by atomic mass is 16.1. The Bertz CT molecular complexity index is 727. The number of nitrogens with zero attached hydrogens (tertiary/aromatic N) is 4. The zero-order chi connectivity index (χ0) is 18.5. The highest BCUT2D eigenvalue weighted by Crippen LogP contribution is 2.21. The highest BCUT2D eigenvalue weighted by molar-refractivity contribution is 5.88. The lowest BCUT2D eigenvalue weighted by Crippen LogP contribution is -2.35. The first-order chi connectivity index (χ1) is 12.5. The summed E-state index contributed by atoms with van der Waals surface area (Å²) in [6, 6.07) is 12.3. The standard InChI is InChI=1S/C20H27N5O/c1-15(2)24-11-4-12-25(14-13-24)20-10-9-19(22-23-20)17-5-7-18(8-6-17)21-16(3)26/h5-10,15H,4,11-14H2,1-3H3,(H,21,26). The summed E-state index contributed by atoms with van der Waals surface area (Å²) < 4.78 is 0. The van der Waals surface area contributed by atoms with Crippen molar-refractivity contribution in [3.63, 3.8) is 0 Å². The van der Waals surface area contributed by atoms with Crippen molar-refractivity contribution in [2.45, 2.75) is 33.2 Å². The van der Waals surface area contributed by atoms with Gasteiger partial charge in [0, 0.05) is 50.4 Å². The molecule has 6 nitrogen and oxygen atoms in total. The van der Waals surface area contributed by atoms with Crippen molar-refractivity contribution < 1.29 is 4.79 Å². The van der Waals surface area contributed by atoms with Crippen molar-refractivity contribution in [2.75, 3.05) is 36.4 Å². The lowest BCUT2D eigenvalue weighted by molar-refractivity contribution is -0.114. The van der Waals surface area contributed by atoms with E-state index in [2.05, 4.69) is 45.2 Å². The second kappa shape index (κ2) is 8.27. The minimum atomic E-state index is -0.0737. The van der Waals surface area contributed by atoms with Crippen molar-refractivity contribution in [1.82, 2.24) is 15.1 Å². The average Bonchev–Trinajstić information content (AvgIpc) is 2.88. The van der Waals surface area contributed by atoms with Gasteiger partial charge in [0.15, 0.2) is 5.82 Å². The normalized spacial score (nSPS) is 15.8. The van der Waals surface area contributed by atoms with Gasteiger partial charge in [-0.05, 0) is 44.5 Å². The number of aromatic nitrogens is 2. The van der Waals surface area contributed by atoms with Gasteiger partial charge in [-0.3, -0.25) is 9.69 Å². The molecule has 1 fully saturated rings. The fourth-order valence-corrected chi connectivity index (χ4v) is 3.26. The summed E-state index contributed by atoms with van der Waals surface area (Å²) in [7, 11) is 0. The first-order valence-corrected chi connectivity index (χ1v) is 9.23. The highest BCUT2D eigenvalue weighted by Gasteiger charge is 2.18. The van der Waals surface area contributed by atoms with Crippen molar-refractivity contribution in [1.29, 1.82) is 0 Å². The predicted octanol–water partition coefficient (Wildman–Crippen LogP) is 3.02. The van der Waals surface area contributed by atoms with Crippen LogP contribution in [0.4, 0.5) is 11.5 Å². The van der Waals surface area contributed by atoms with E-state index in [0.717, 1.165) is 55.4 Å². The number of nitrogens with one attached hydrogen (secondary N) is 1. The molecule has 0 radical (unpaired) electrons. The Morgan fingerprint density at radius 3 is 2.38 bits per heavy atom. The third kappa shape index (κ3) is 4.58. The minimum absolute atomic E-state index is 0.0737. The summed E-state index contributed by atoms with van der Waals surface area (Å²) in [5, 5.41) is 11.6. The largest absolute Gasteiger partial charge is 0.354 e. The molecule has 1 aliphatic rings. The van der Waals surface area contributed by atoms with Crippen LogP contribution in [0.25, 0.3) is 11.3 Å². The first-order valence-electron chi connectivity index (χ1n) is 9.23. The molecule has 0 aliphatic carbocycles. The monoisotopic (exact) mass is 353 g/mol. The lowest BCUT2D eigenvalue weighted by atomic mass is 10.1. The number of amides is 1. The lowest BCUT2D eigenvalue weighted by Gasteiger charge is -2.25. The summed E-state index contributed by atoms with van der Waals surface area (Å²) in [5.74, 6) is 0.865. The van der Waals surface area contributed by atoms with Crippen LogP contribution in [-0.4, -0.2) is 53.2 Å². The van der Waals surface area contributed by atoms with E-state index in [-0.39, 0.29) is 5.91 Å². The Balaban J connectivity index is 1.67. The Morgan fingerprint density at radius 2 is 1.77 bits per heavy atom. The van der Waals surface area contributed by atoms with Crippen LogP contribution < -0.4 is 10.2 Å². The van der Waals surface area contributed by atoms with E-state index < -0.39 is 0 Å². The van der Waals surface area contributed by atoms with Gasteiger partial charge in [-0.15, -0.1) is 10.2 Å². The van der Waals surface area contributed by atoms with Gasteiger partial charge >= 0.3 is 0 Å². The molecule has 1 aliphatic heterocycles. The van der Waals surface area contributed by atoms with Crippen molar-refractivity contribution in [3.05, 3.63) is 36.4 Å². The Labute approximate surface area is 155 Å². The van der Waals surface area contributed by atoms with Gasteiger partial charge in [0.1, 0.15) is 0 Å².